The van der Waals surface area contributed by atoms with E-state index < -0.39 is 17.4 Å². The summed E-state index contributed by atoms with van der Waals surface area (Å²) in [6.07, 6.45) is 0.669. The van der Waals surface area contributed by atoms with Gasteiger partial charge >= 0.3 is 11.9 Å². The molecular formula is C16H24O6. The van der Waals surface area contributed by atoms with Crippen molar-refractivity contribution in [2.45, 2.75) is 52.4 Å². The van der Waals surface area contributed by atoms with Gasteiger partial charge in [0, 0.05) is 25.7 Å². The lowest BCUT2D eigenvalue weighted by Crippen LogP contribution is -2.48. The van der Waals surface area contributed by atoms with Gasteiger partial charge in [-0.2, -0.15) is 0 Å². The topological polar surface area (TPSA) is 86.7 Å². The molecule has 1 aliphatic carbocycles. The molecule has 0 saturated heterocycles. The third-order valence-electron chi connectivity index (χ3n) is 4.31. The largest absolute Gasteiger partial charge is 0.469 e. The highest BCUT2D eigenvalue weighted by Crippen LogP contribution is 2.45. The summed E-state index contributed by atoms with van der Waals surface area (Å²) in [6, 6.07) is 0. The molecule has 1 fully saturated rings. The first-order chi connectivity index (χ1) is 10.2. The first-order valence-corrected chi connectivity index (χ1v) is 7.37. The fourth-order valence-corrected chi connectivity index (χ4v) is 2.94. The molecule has 0 aromatic carbocycles. The molecule has 0 amide bonds. The van der Waals surface area contributed by atoms with E-state index in [1.54, 1.807) is 0 Å². The number of carbonyl (C=O) groups excluding carboxylic acids is 4. The highest BCUT2D eigenvalue weighted by atomic mass is 16.5. The summed E-state index contributed by atoms with van der Waals surface area (Å²) in [7, 11) is 2.52. The van der Waals surface area contributed by atoms with Crippen molar-refractivity contribution in [3.8, 4) is 0 Å². The first kappa shape index (κ1) is 18.3. The van der Waals surface area contributed by atoms with Crippen LogP contribution in [0.25, 0.3) is 0 Å². The molecule has 0 unspecified atom stereocenters. The molecule has 0 bridgehead atoms. The van der Waals surface area contributed by atoms with Crippen LogP contribution in [0.1, 0.15) is 52.4 Å². The van der Waals surface area contributed by atoms with E-state index in [0.717, 1.165) is 0 Å². The predicted octanol–water partition coefficient (Wildman–Crippen LogP) is 1.84. The molecule has 124 valence electrons. The second-order valence-electron chi connectivity index (χ2n) is 6.60. The van der Waals surface area contributed by atoms with E-state index in [1.165, 1.54) is 14.2 Å². The number of hydrogen-bond donors (Lipinski definition) is 0. The molecule has 1 saturated carbocycles. The van der Waals surface area contributed by atoms with Crippen LogP contribution < -0.4 is 0 Å². The smallest absolute Gasteiger partial charge is 0.305 e. The van der Waals surface area contributed by atoms with Crippen LogP contribution in [0.3, 0.4) is 0 Å². The summed E-state index contributed by atoms with van der Waals surface area (Å²) >= 11 is 0. The Kier molecular flexibility index (Phi) is 5.85. The van der Waals surface area contributed by atoms with Gasteiger partial charge in [-0.1, -0.05) is 13.8 Å². The van der Waals surface area contributed by atoms with Crippen molar-refractivity contribution in [2.24, 2.45) is 10.8 Å². The molecule has 6 heteroatoms. The Labute approximate surface area is 130 Å². The van der Waals surface area contributed by atoms with Crippen LogP contribution >= 0.6 is 0 Å². The van der Waals surface area contributed by atoms with Gasteiger partial charge in [0.1, 0.15) is 11.6 Å². The number of ether oxygens (including phenoxy) is 2. The fraction of sp³-hybridized carbons (Fsp3) is 0.750. The Bertz CT molecular complexity index is 435. The summed E-state index contributed by atoms with van der Waals surface area (Å²) in [5, 5.41) is 0. The minimum atomic E-state index is -1.27. The van der Waals surface area contributed by atoms with E-state index in [-0.39, 0.29) is 55.5 Å². The summed E-state index contributed by atoms with van der Waals surface area (Å²) in [6.45, 7) is 3.74. The molecule has 0 aromatic heterocycles. The lowest BCUT2D eigenvalue weighted by molar-refractivity contribution is -0.152. The van der Waals surface area contributed by atoms with Crippen LogP contribution in [0.15, 0.2) is 0 Å². The third-order valence-corrected chi connectivity index (χ3v) is 4.31. The Balaban J connectivity index is 2.99. The van der Waals surface area contributed by atoms with Crippen molar-refractivity contribution in [3.63, 3.8) is 0 Å². The Hall–Kier alpha value is -1.72. The van der Waals surface area contributed by atoms with Crippen LogP contribution in [0.5, 0.6) is 0 Å². The van der Waals surface area contributed by atoms with Crippen LogP contribution in [-0.4, -0.2) is 37.7 Å². The molecule has 0 spiro atoms. The van der Waals surface area contributed by atoms with Crippen molar-refractivity contribution in [2.75, 3.05) is 14.2 Å². The zero-order valence-electron chi connectivity index (χ0n) is 13.7. The van der Waals surface area contributed by atoms with Gasteiger partial charge in [0.05, 0.1) is 19.6 Å². The van der Waals surface area contributed by atoms with Gasteiger partial charge in [0.2, 0.25) is 0 Å². The molecule has 0 heterocycles. The Morgan fingerprint density at radius 3 is 1.59 bits per heavy atom. The van der Waals surface area contributed by atoms with Gasteiger partial charge in [0.15, 0.2) is 0 Å². The maximum atomic E-state index is 12.6. The summed E-state index contributed by atoms with van der Waals surface area (Å²) in [5.74, 6) is -1.33. The summed E-state index contributed by atoms with van der Waals surface area (Å²) in [5.41, 5.74) is -1.65. The highest BCUT2D eigenvalue weighted by Gasteiger charge is 2.51. The molecule has 0 N–H and O–H groups in total. The van der Waals surface area contributed by atoms with Crippen molar-refractivity contribution < 1.29 is 28.7 Å². The fourth-order valence-electron chi connectivity index (χ4n) is 2.94. The minimum Gasteiger partial charge on any atom is -0.469 e. The van der Waals surface area contributed by atoms with E-state index in [2.05, 4.69) is 9.47 Å². The molecule has 0 aromatic rings. The minimum absolute atomic E-state index is 0.0183. The van der Waals surface area contributed by atoms with E-state index in [0.29, 0.717) is 0 Å². The Morgan fingerprint density at radius 2 is 1.27 bits per heavy atom. The van der Waals surface area contributed by atoms with E-state index >= 15 is 0 Å². The van der Waals surface area contributed by atoms with Gasteiger partial charge in [-0.05, 0) is 18.3 Å². The van der Waals surface area contributed by atoms with Crippen LogP contribution in [-0.2, 0) is 28.7 Å². The highest BCUT2D eigenvalue weighted by molar-refractivity contribution is 6.10. The van der Waals surface area contributed by atoms with Crippen LogP contribution in [0.2, 0.25) is 0 Å². The van der Waals surface area contributed by atoms with Gasteiger partial charge in [-0.3, -0.25) is 19.2 Å². The third kappa shape index (κ3) is 4.15. The predicted molar refractivity (Wildman–Crippen MR) is 78.0 cm³/mol. The zero-order valence-corrected chi connectivity index (χ0v) is 13.7. The van der Waals surface area contributed by atoms with Crippen molar-refractivity contribution in [1.82, 2.24) is 0 Å². The second-order valence-corrected chi connectivity index (χ2v) is 6.60. The molecule has 22 heavy (non-hydrogen) atoms. The van der Waals surface area contributed by atoms with Crippen molar-refractivity contribution >= 4 is 23.5 Å². The number of Topliss-reactive ketones (excluding diaryl/α,β-unsaturated/α-hetero) is 2. The van der Waals surface area contributed by atoms with Crippen LogP contribution in [0.4, 0.5) is 0 Å². The number of ketones is 2. The zero-order chi connectivity index (χ0) is 17.0. The van der Waals surface area contributed by atoms with Gasteiger partial charge in [-0.25, -0.2) is 0 Å². The average molecular weight is 312 g/mol. The van der Waals surface area contributed by atoms with E-state index in [9.17, 15) is 19.2 Å². The monoisotopic (exact) mass is 312 g/mol. The molecule has 0 atom stereocenters. The van der Waals surface area contributed by atoms with Gasteiger partial charge in [0.25, 0.3) is 0 Å². The molecule has 0 aliphatic heterocycles. The normalized spacial score (nSPS) is 19.6. The lowest BCUT2D eigenvalue weighted by atomic mass is 9.60. The maximum Gasteiger partial charge on any atom is 0.305 e. The number of methoxy groups -OCH3 is 2. The van der Waals surface area contributed by atoms with Gasteiger partial charge in [-0.15, -0.1) is 0 Å². The molecule has 6 nitrogen and oxygen atoms in total. The van der Waals surface area contributed by atoms with Crippen molar-refractivity contribution in [1.29, 1.82) is 0 Å². The number of rotatable bonds is 6. The van der Waals surface area contributed by atoms with E-state index in [1.807, 2.05) is 13.8 Å². The SMILES string of the molecule is COC(=O)CCC1(CCC(=O)OC)C(=O)CC(C)(C)CC1=O. The number of esters is 2. The summed E-state index contributed by atoms with van der Waals surface area (Å²) in [4.78, 5) is 48.0. The number of hydrogen-bond acceptors (Lipinski definition) is 6. The maximum absolute atomic E-state index is 12.6. The average Bonchev–Trinajstić information content (AvgIpc) is 2.44. The standard InChI is InChI=1S/C16H24O6/c1-15(2)9-11(17)16(12(18)10-15,7-5-13(19)21-3)8-6-14(20)22-4/h5-10H2,1-4H3. The van der Waals surface area contributed by atoms with Crippen LogP contribution in [0, 0.1) is 10.8 Å². The second kappa shape index (κ2) is 7.03. The Morgan fingerprint density at radius 1 is 0.909 bits per heavy atom. The number of carbonyl (C=O) groups is 4. The van der Waals surface area contributed by atoms with Gasteiger partial charge < -0.3 is 9.47 Å². The first-order valence-electron chi connectivity index (χ1n) is 7.37. The van der Waals surface area contributed by atoms with E-state index in [4.69, 9.17) is 0 Å². The summed E-state index contributed by atoms with van der Waals surface area (Å²) < 4.78 is 9.18. The molecule has 1 aliphatic rings. The van der Waals surface area contributed by atoms with Crippen molar-refractivity contribution in [3.05, 3.63) is 0 Å². The quantitative estimate of drug-likeness (QED) is 0.549. The molecule has 0 radical (unpaired) electrons. The lowest BCUT2D eigenvalue weighted by Gasteiger charge is -2.40. The molecular weight excluding hydrogens is 288 g/mol. The molecule has 1 rings (SSSR count).